The maximum atomic E-state index is 14.3. The minimum absolute atomic E-state index is 0. The Bertz CT molecular complexity index is 1370. The summed E-state index contributed by atoms with van der Waals surface area (Å²) < 4.78 is 70.4. The molecule has 2 N–H and O–H groups in total. The molecule has 14 heteroatoms. The standard InChI is InChI=1S/C13H12F2N2O2.C11H9ClF2O2.C4H10N2O.CH4/c14-10-3-1-9(2-4-10)11-12(15)16-5-7-19-8-6-17(16)13(11)18;1-2-16-11(15)9(10(12)14)7-3-5-8(13)6-4-7;1-3-7-4-2-6-5-1;/h1-4H,5-8H2;3-6H,2H2,1H3;5-6H,1-4H2;1H4. The Hall–Kier alpha value is -3.49. The Labute approximate surface area is 251 Å². The Morgan fingerprint density at radius 1 is 0.884 bits per heavy atom. The molecule has 0 amide bonds. The molecule has 0 atom stereocenters. The highest BCUT2D eigenvalue weighted by atomic mass is 35.5. The molecular weight excluding hydrogens is 596 g/mol. The van der Waals surface area contributed by atoms with E-state index < -0.39 is 40.0 Å². The smallest absolute Gasteiger partial charge is 0.342 e. The molecule has 0 saturated carbocycles. The van der Waals surface area contributed by atoms with Crippen molar-refractivity contribution < 1.29 is 36.6 Å². The lowest BCUT2D eigenvalue weighted by molar-refractivity contribution is -0.136. The summed E-state index contributed by atoms with van der Waals surface area (Å²) in [7, 11) is 0. The topological polar surface area (TPSA) is 95.8 Å². The van der Waals surface area contributed by atoms with Gasteiger partial charge in [-0.05, 0) is 42.3 Å². The summed E-state index contributed by atoms with van der Waals surface area (Å²) in [5.74, 6) is -2.37. The summed E-state index contributed by atoms with van der Waals surface area (Å²) in [6.07, 6.45) is 0. The van der Waals surface area contributed by atoms with Crippen molar-refractivity contribution in [3.8, 4) is 11.1 Å². The molecule has 1 aromatic heterocycles. The minimum atomic E-state index is -1.18. The number of ether oxygens (including phenoxy) is 3. The molecule has 0 bridgehead atoms. The van der Waals surface area contributed by atoms with Crippen molar-refractivity contribution in [2.45, 2.75) is 27.4 Å². The normalized spacial score (nSPS) is 15.0. The van der Waals surface area contributed by atoms with E-state index in [1.165, 1.54) is 45.8 Å². The van der Waals surface area contributed by atoms with Gasteiger partial charge in [-0.3, -0.25) is 20.3 Å². The Morgan fingerprint density at radius 3 is 1.93 bits per heavy atom. The van der Waals surface area contributed by atoms with Gasteiger partial charge in [0.25, 0.3) is 5.56 Å². The van der Waals surface area contributed by atoms with Crippen LogP contribution in [0.25, 0.3) is 16.7 Å². The molecule has 3 heterocycles. The van der Waals surface area contributed by atoms with Crippen LogP contribution in [-0.2, 0) is 32.1 Å². The summed E-state index contributed by atoms with van der Waals surface area (Å²) in [5.41, 5.74) is 5.69. The van der Waals surface area contributed by atoms with E-state index in [4.69, 9.17) is 21.1 Å². The average Bonchev–Trinajstić information content (AvgIpc) is 3.31. The van der Waals surface area contributed by atoms with Crippen LogP contribution < -0.4 is 16.4 Å². The highest BCUT2D eigenvalue weighted by molar-refractivity contribution is 6.37. The summed E-state index contributed by atoms with van der Waals surface area (Å²) in [5, 5.41) is -1.18. The van der Waals surface area contributed by atoms with Crippen LogP contribution in [-0.4, -0.2) is 61.5 Å². The second-order valence-electron chi connectivity index (χ2n) is 8.67. The van der Waals surface area contributed by atoms with E-state index in [-0.39, 0.29) is 25.2 Å². The Balaban J connectivity index is 0.000000244. The van der Waals surface area contributed by atoms with Crippen molar-refractivity contribution in [2.24, 2.45) is 0 Å². The first-order valence-electron chi connectivity index (χ1n) is 13.1. The van der Waals surface area contributed by atoms with Gasteiger partial charge in [-0.1, -0.05) is 43.3 Å². The molecule has 43 heavy (non-hydrogen) atoms. The largest absolute Gasteiger partial charge is 0.462 e. The van der Waals surface area contributed by atoms with Crippen LogP contribution in [0.15, 0.2) is 58.6 Å². The molecule has 2 aliphatic heterocycles. The third-order valence-electron chi connectivity index (χ3n) is 5.87. The molecule has 1 saturated heterocycles. The number of hydrazine groups is 1. The first-order valence-corrected chi connectivity index (χ1v) is 13.5. The molecule has 2 aliphatic rings. The molecular formula is C29H35ClF4N4O5. The van der Waals surface area contributed by atoms with Gasteiger partial charge in [0.05, 0.1) is 46.1 Å². The first kappa shape index (κ1) is 35.7. The SMILES string of the molecule is C.C1COCCNN1.CCOC(=O)C(=C(F)Cl)c1ccc(F)cc1.O=c1c(-c2ccc(F)cc2)c(F)n2n1CCOCC2. The maximum absolute atomic E-state index is 14.3. The molecule has 3 aromatic rings. The fraction of sp³-hybridized carbons (Fsp3) is 0.379. The van der Waals surface area contributed by atoms with E-state index in [1.54, 1.807) is 6.92 Å². The summed E-state index contributed by atoms with van der Waals surface area (Å²) in [6, 6.07) is 9.96. The summed E-state index contributed by atoms with van der Waals surface area (Å²) >= 11 is 5.17. The van der Waals surface area contributed by atoms with Gasteiger partial charge in [0.1, 0.15) is 22.8 Å². The first-order chi connectivity index (χ1) is 20.2. The van der Waals surface area contributed by atoms with Gasteiger partial charge in [0.2, 0.25) is 11.2 Å². The van der Waals surface area contributed by atoms with Crippen molar-refractivity contribution in [1.29, 1.82) is 0 Å². The number of hydrogen-bond donors (Lipinski definition) is 2. The van der Waals surface area contributed by atoms with Crippen molar-refractivity contribution in [1.82, 2.24) is 20.2 Å². The number of carbonyl (C=O) groups excluding carboxylic acids is 1. The molecule has 1 fully saturated rings. The number of fused-ring (bicyclic) bond motifs is 1. The maximum Gasteiger partial charge on any atom is 0.342 e. The van der Waals surface area contributed by atoms with Crippen LogP contribution in [0, 0.1) is 17.6 Å². The van der Waals surface area contributed by atoms with E-state index in [1.807, 2.05) is 0 Å². The number of nitrogens with zero attached hydrogens (tertiary/aromatic N) is 2. The molecule has 0 radical (unpaired) electrons. The van der Waals surface area contributed by atoms with Crippen LogP contribution in [0.3, 0.4) is 0 Å². The van der Waals surface area contributed by atoms with Crippen molar-refractivity contribution in [3.63, 3.8) is 0 Å². The van der Waals surface area contributed by atoms with E-state index in [0.717, 1.165) is 38.4 Å². The van der Waals surface area contributed by atoms with Crippen molar-refractivity contribution in [3.05, 3.63) is 87.3 Å². The minimum Gasteiger partial charge on any atom is -0.462 e. The Morgan fingerprint density at radius 2 is 1.40 bits per heavy atom. The zero-order valence-electron chi connectivity index (χ0n) is 22.8. The third-order valence-corrected chi connectivity index (χ3v) is 6.06. The van der Waals surface area contributed by atoms with E-state index in [0.29, 0.717) is 31.9 Å². The van der Waals surface area contributed by atoms with Gasteiger partial charge < -0.3 is 14.2 Å². The van der Waals surface area contributed by atoms with Crippen LogP contribution in [0.2, 0.25) is 0 Å². The van der Waals surface area contributed by atoms with Gasteiger partial charge in [0, 0.05) is 13.1 Å². The Kier molecular flexibility index (Phi) is 15.1. The molecule has 2 aromatic carbocycles. The van der Waals surface area contributed by atoms with Crippen LogP contribution in [0.1, 0.15) is 19.9 Å². The number of esters is 1. The highest BCUT2D eigenvalue weighted by Gasteiger charge is 2.22. The lowest BCUT2D eigenvalue weighted by atomic mass is 10.1. The van der Waals surface area contributed by atoms with Crippen LogP contribution in [0.4, 0.5) is 17.6 Å². The highest BCUT2D eigenvalue weighted by Crippen LogP contribution is 2.24. The molecule has 9 nitrogen and oxygen atoms in total. The van der Waals surface area contributed by atoms with E-state index in [2.05, 4.69) is 15.6 Å². The predicted octanol–water partition coefficient (Wildman–Crippen LogP) is 4.64. The van der Waals surface area contributed by atoms with Crippen molar-refractivity contribution >= 4 is 23.1 Å². The van der Waals surface area contributed by atoms with Crippen LogP contribution in [0.5, 0.6) is 0 Å². The quantitative estimate of drug-likeness (QED) is 0.246. The fourth-order valence-electron chi connectivity index (χ4n) is 3.92. The number of aromatic nitrogens is 2. The van der Waals surface area contributed by atoms with E-state index >= 15 is 0 Å². The molecule has 236 valence electrons. The zero-order valence-corrected chi connectivity index (χ0v) is 23.6. The number of benzene rings is 2. The lowest BCUT2D eigenvalue weighted by Gasteiger charge is -2.06. The van der Waals surface area contributed by atoms with Gasteiger partial charge in [0.15, 0.2) is 0 Å². The molecule has 0 unspecified atom stereocenters. The predicted molar refractivity (Wildman–Crippen MR) is 155 cm³/mol. The van der Waals surface area contributed by atoms with Gasteiger partial charge in [-0.15, -0.1) is 0 Å². The molecule has 0 aliphatic carbocycles. The number of hydrogen-bond acceptors (Lipinski definition) is 7. The monoisotopic (exact) mass is 630 g/mol. The number of rotatable bonds is 4. The van der Waals surface area contributed by atoms with Crippen LogP contribution >= 0.6 is 11.6 Å². The average molecular weight is 631 g/mol. The van der Waals surface area contributed by atoms with Gasteiger partial charge in [-0.25, -0.2) is 18.3 Å². The third kappa shape index (κ3) is 10.3. The summed E-state index contributed by atoms with van der Waals surface area (Å²) in [4.78, 5) is 23.6. The number of carbonyl (C=O) groups is 1. The second kappa shape index (κ2) is 18.2. The fourth-order valence-corrected chi connectivity index (χ4v) is 4.10. The van der Waals surface area contributed by atoms with Crippen molar-refractivity contribution in [2.75, 3.05) is 46.1 Å². The lowest BCUT2D eigenvalue weighted by Crippen LogP contribution is -2.32. The number of nitrogens with one attached hydrogen (secondary N) is 2. The molecule has 5 rings (SSSR count). The zero-order chi connectivity index (χ0) is 30.5. The van der Waals surface area contributed by atoms with E-state index in [9.17, 15) is 27.2 Å². The van der Waals surface area contributed by atoms with Gasteiger partial charge >= 0.3 is 5.97 Å². The molecule has 0 spiro atoms. The number of halogens is 5. The summed E-state index contributed by atoms with van der Waals surface area (Å²) in [6.45, 7) is 6.54. The second-order valence-corrected chi connectivity index (χ2v) is 9.00. The van der Waals surface area contributed by atoms with Gasteiger partial charge in [-0.2, -0.15) is 8.78 Å².